The molecule has 0 aromatic heterocycles. The molecule has 0 saturated heterocycles. The highest BCUT2D eigenvalue weighted by Crippen LogP contribution is 2.32. The number of nitrogens with zero attached hydrogens (tertiary/aromatic N) is 1. The molecule has 5 heteroatoms. The Morgan fingerprint density at radius 3 is 2.63 bits per heavy atom. The van der Waals surface area contributed by atoms with E-state index < -0.39 is 5.60 Å². The maximum atomic E-state index is 11.8. The lowest BCUT2D eigenvalue weighted by molar-refractivity contribution is -0.0201. The van der Waals surface area contributed by atoms with Gasteiger partial charge in [-0.1, -0.05) is 0 Å². The quantitative estimate of drug-likeness (QED) is 0.715. The largest absolute Gasteiger partial charge is 0.397 e. The monoisotopic (exact) mass is 263 g/mol. The molecule has 0 spiro atoms. The second-order valence-electron chi connectivity index (χ2n) is 5.43. The molecule has 1 aliphatic carbocycles. The van der Waals surface area contributed by atoms with Crippen LogP contribution in [0.5, 0.6) is 0 Å². The van der Waals surface area contributed by atoms with Gasteiger partial charge in [0.05, 0.1) is 17.0 Å². The summed E-state index contributed by atoms with van der Waals surface area (Å²) in [6.45, 7) is 0.498. The first-order valence-corrected chi connectivity index (χ1v) is 6.49. The van der Waals surface area contributed by atoms with E-state index in [2.05, 4.69) is 5.32 Å². The van der Waals surface area contributed by atoms with Crippen molar-refractivity contribution in [3.8, 4) is 0 Å². The first kappa shape index (κ1) is 13.7. The van der Waals surface area contributed by atoms with Crippen LogP contribution >= 0.6 is 0 Å². The predicted molar refractivity (Wildman–Crippen MR) is 76.2 cm³/mol. The maximum Gasteiger partial charge on any atom is 0.253 e. The summed E-state index contributed by atoms with van der Waals surface area (Å²) in [6, 6.07) is 5.19. The maximum absolute atomic E-state index is 11.8. The molecule has 0 heterocycles. The van der Waals surface area contributed by atoms with E-state index in [-0.39, 0.29) is 5.91 Å². The number of nitrogens with one attached hydrogen (secondary N) is 1. The molecule has 1 amide bonds. The van der Waals surface area contributed by atoms with Gasteiger partial charge in [-0.15, -0.1) is 0 Å². The highest BCUT2D eigenvalue weighted by Gasteiger charge is 2.34. The summed E-state index contributed by atoms with van der Waals surface area (Å²) >= 11 is 0. The summed E-state index contributed by atoms with van der Waals surface area (Å²) in [6.07, 6.45) is 2.73. The Hall–Kier alpha value is -1.75. The van der Waals surface area contributed by atoms with Crippen molar-refractivity contribution in [3.05, 3.63) is 23.8 Å². The van der Waals surface area contributed by atoms with Gasteiger partial charge in [0.2, 0.25) is 0 Å². The van der Waals surface area contributed by atoms with Gasteiger partial charge in [-0.2, -0.15) is 0 Å². The number of amides is 1. The predicted octanol–water partition coefficient (Wildman–Crippen LogP) is 1.30. The lowest BCUT2D eigenvalue weighted by Gasteiger charge is -2.37. The van der Waals surface area contributed by atoms with E-state index in [9.17, 15) is 9.90 Å². The van der Waals surface area contributed by atoms with Crippen LogP contribution < -0.4 is 11.1 Å². The number of carbonyl (C=O) groups excluding carboxylic acids is 1. The SMILES string of the molecule is CN(C)C(=O)c1ccc(NCC2(O)CCC2)c(N)c1. The Labute approximate surface area is 113 Å². The smallest absolute Gasteiger partial charge is 0.253 e. The molecule has 1 aliphatic rings. The van der Waals surface area contributed by atoms with E-state index in [1.165, 1.54) is 4.90 Å². The van der Waals surface area contributed by atoms with Crippen LogP contribution in [0.15, 0.2) is 18.2 Å². The minimum absolute atomic E-state index is 0.0733. The van der Waals surface area contributed by atoms with Crippen molar-refractivity contribution in [2.24, 2.45) is 0 Å². The number of carbonyl (C=O) groups is 1. The lowest BCUT2D eigenvalue weighted by Crippen LogP contribution is -2.43. The Bertz CT molecular complexity index is 482. The van der Waals surface area contributed by atoms with Crippen LogP contribution in [-0.4, -0.2) is 42.2 Å². The number of nitrogens with two attached hydrogens (primary N) is 1. The molecule has 2 rings (SSSR count). The molecule has 0 bridgehead atoms. The number of hydrogen-bond donors (Lipinski definition) is 3. The van der Waals surface area contributed by atoms with Crippen LogP contribution in [0.3, 0.4) is 0 Å². The zero-order chi connectivity index (χ0) is 14.0. The summed E-state index contributed by atoms with van der Waals surface area (Å²) in [4.78, 5) is 13.3. The van der Waals surface area contributed by atoms with E-state index in [0.29, 0.717) is 17.8 Å². The third-order valence-corrected chi connectivity index (χ3v) is 3.60. The molecular weight excluding hydrogens is 242 g/mol. The average Bonchev–Trinajstić information content (AvgIpc) is 2.34. The number of aliphatic hydroxyl groups is 1. The molecule has 0 aliphatic heterocycles. The summed E-state index contributed by atoms with van der Waals surface area (Å²) in [5.41, 5.74) is 7.19. The minimum Gasteiger partial charge on any atom is -0.397 e. The highest BCUT2D eigenvalue weighted by molar-refractivity contribution is 5.95. The van der Waals surface area contributed by atoms with Crippen LogP contribution in [0.1, 0.15) is 29.6 Å². The van der Waals surface area contributed by atoms with Crippen molar-refractivity contribution in [1.82, 2.24) is 4.90 Å². The average molecular weight is 263 g/mol. The molecule has 0 atom stereocenters. The molecule has 1 fully saturated rings. The fourth-order valence-corrected chi connectivity index (χ4v) is 2.14. The molecular formula is C14H21N3O2. The topological polar surface area (TPSA) is 78.6 Å². The van der Waals surface area contributed by atoms with Gasteiger partial charge in [-0.3, -0.25) is 4.79 Å². The third kappa shape index (κ3) is 2.98. The first-order valence-electron chi connectivity index (χ1n) is 6.49. The van der Waals surface area contributed by atoms with E-state index in [4.69, 9.17) is 5.73 Å². The second kappa shape index (κ2) is 5.09. The van der Waals surface area contributed by atoms with E-state index >= 15 is 0 Å². The van der Waals surface area contributed by atoms with Crippen molar-refractivity contribution < 1.29 is 9.90 Å². The Morgan fingerprint density at radius 2 is 2.16 bits per heavy atom. The lowest BCUT2D eigenvalue weighted by atomic mass is 9.80. The second-order valence-corrected chi connectivity index (χ2v) is 5.43. The summed E-state index contributed by atoms with van der Waals surface area (Å²) in [7, 11) is 3.41. The van der Waals surface area contributed by atoms with Gasteiger partial charge in [0.25, 0.3) is 5.91 Å². The number of rotatable bonds is 4. The molecule has 104 valence electrons. The van der Waals surface area contributed by atoms with Gasteiger partial charge >= 0.3 is 0 Å². The van der Waals surface area contributed by atoms with Crippen LogP contribution in [0, 0.1) is 0 Å². The van der Waals surface area contributed by atoms with Crippen molar-refractivity contribution in [3.63, 3.8) is 0 Å². The molecule has 4 N–H and O–H groups in total. The highest BCUT2D eigenvalue weighted by atomic mass is 16.3. The fourth-order valence-electron chi connectivity index (χ4n) is 2.14. The molecule has 0 radical (unpaired) electrons. The number of benzene rings is 1. The Morgan fingerprint density at radius 1 is 1.47 bits per heavy atom. The standard InChI is InChI=1S/C14H21N3O2/c1-17(2)13(18)10-4-5-12(11(15)8-10)16-9-14(19)6-3-7-14/h4-5,8,16,19H,3,6-7,9,15H2,1-2H3. The summed E-state index contributed by atoms with van der Waals surface area (Å²) < 4.78 is 0. The normalized spacial score (nSPS) is 16.6. The van der Waals surface area contributed by atoms with Crippen LogP contribution in [-0.2, 0) is 0 Å². The fraction of sp³-hybridized carbons (Fsp3) is 0.500. The van der Waals surface area contributed by atoms with Gasteiger partial charge in [-0.05, 0) is 37.5 Å². The van der Waals surface area contributed by atoms with E-state index in [1.54, 1.807) is 32.3 Å². The van der Waals surface area contributed by atoms with Gasteiger partial charge in [0.1, 0.15) is 0 Å². The van der Waals surface area contributed by atoms with Crippen LogP contribution in [0.25, 0.3) is 0 Å². The molecule has 19 heavy (non-hydrogen) atoms. The zero-order valence-electron chi connectivity index (χ0n) is 11.4. The molecule has 1 aromatic carbocycles. The molecule has 1 saturated carbocycles. The van der Waals surface area contributed by atoms with Crippen molar-refractivity contribution in [2.75, 3.05) is 31.7 Å². The molecule has 0 unspecified atom stereocenters. The summed E-state index contributed by atoms with van der Waals surface area (Å²) in [5, 5.41) is 13.2. The zero-order valence-corrected chi connectivity index (χ0v) is 11.4. The number of anilines is 2. The minimum atomic E-state index is -0.593. The van der Waals surface area contributed by atoms with Crippen LogP contribution in [0.2, 0.25) is 0 Å². The van der Waals surface area contributed by atoms with Gasteiger partial charge in [0.15, 0.2) is 0 Å². The van der Waals surface area contributed by atoms with Gasteiger partial charge in [-0.25, -0.2) is 0 Å². The number of hydrogen-bond acceptors (Lipinski definition) is 4. The molecule has 5 nitrogen and oxygen atoms in total. The first-order chi connectivity index (χ1) is 8.91. The van der Waals surface area contributed by atoms with Crippen molar-refractivity contribution in [1.29, 1.82) is 0 Å². The summed E-state index contributed by atoms with van der Waals surface area (Å²) in [5.74, 6) is -0.0733. The van der Waals surface area contributed by atoms with E-state index in [0.717, 1.165) is 24.9 Å². The number of nitrogen functional groups attached to an aromatic ring is 1. The van der Waals surface area contributed by atoms with Crippen LogP contribution in [0.4, 0.5) is 11.4 Å². The van der Waals surface area contributed by atoms with Gasteiger partial charge in [0, 0.05) is 26.2 Å². The molecule has 1 aromatic rings. The van der Waals surface area contributed by atoms with Crippen molar-refractivity contribution >= 4 is 17.3 Å². The van der Waals surface area contributed by atoms with Crippen molar-refractivity contribution in [2.45, 2.75) is 24.9 Å². The van der Waals surface area contributed by atoms with Gasteiger partial charge < -0.3 is 21.1 Å². The Balaban J connectivity index is 2.04. The van der Waals surface area contributed by atoms with E-state index in [1.807, 2.05) is 0 Å². The Kier molecular flexibility index (Phi) is 3.66. The third-order valence-electron chi connectivity index (χ3n) is 3.60.